The predicted molar refractivity (Wildman–Crippen MR) is 111 cm³/mol. The van der Waals surface area contributed by atoms with Crippen LogP contribution < -0.4 is 5.56 Å². The fraction of sp³-hybridized carbons (Fsp3) is 0.227. The molecule has 0 fully saturated rings. The summed E-state index contributed by atoms with van der Waals surface area (Å²) < 4.78 is 2.45. The van der Waals surface area contributed by atoms with E-state index in [4.69, 9.17) is 5.10 Å². The molecular weight excluding hydrogens is 354 g/mol. The lowest BCUT2D eigenvalue weighted by Gasteiger charge is -2.11. The smallest absolute Gasteiger partial charge is 0.265 e. The van der Waals surface area contributed by atoms with Crippen molar-refractivity contribution in [3.05, 3.63) is 80.6 Å². The van der Waals surface area contributed by atoms with Crippen LogP contribution in [0.3, 0.4) is 0 Å². The normalized spacial score (nSPS) is 11.2. The molecule has 4 aromatic rings. The number of hydrogen-bond donors (Lipinski definition) is 0. The molecule has 0 radical (unpaired) electrons. The third-order valence-electron chi connectivity index (χ3n) is 4.70. The van der Waals surface area contributed by atoms with Gasteiger partial charge in [0.2, 0.25) is 0 Å². The van der Waals surface area contributed by atoms with Gasteiger partial charge in [-0.2, -0.15) is 5.10 Å². The quantitative estimate of drug-likeness (QED) is 0.520. The Labute approximate surface area is 162 Å². The van der Waals surface area contributed by atoms with E-state index in [1.165, 1.54) is 22.5 Å². The van der Waals surface area contributed by atoms with Crippen molar-refractivity contribution >= 4 is 21.6 Å². The number of aryl methyl sites for hydroxylation is 5. The predicted octanol–water partition coefficient (Wildman–Crippen LogP) is 4.69. The Morgan fingerprint density at radius 2 is 1.81 bits per heavy atom. The molecule has 0 saturated carbocycles. The summed E-state index contributed by atoms with van der Waals surface area (Å²) in [5, 5.41) is 5.65. The van der Waals surface area contributed by atoms with E-state index in [1.54, 1.807) is 4.68 Å². The van der Waals surface area contributed by atoms with E-state index in [-0.39, 0.29) is 5.56 Å². The number of benzene rings is 2. The molecule has 0 N–H and O–H groups in total. The Balaban J connectivity index is 1.85. The Hall–Kier alpha value is -2.79. The molecule has 136 valence electrons. The molecule has 27 heavy (non-hydrogen) atoms. The Bertz CT molecular complexity index is 1180. The van der Waals surface area contributed by atoms with Crippen LogP contribution in [-0.2, 0) is 13.0 Å². The molecule has 2 aromatic carbocycles. The maximum Gasteiger partial charge on any atom is 0.294 e. The topological polar surface area (TPSA) is 47.8 Å². The summed E-state index contributed by atoms with van der Waals surface area (Å²) in [4.78, 5) is 17.4. The van der Waals surface area contributed by atoms with Crippen LogP contribution in [0, 0.1) is 20.8 Å². The highest BCUT2D eigenvalue weighted by atomic mass is 32.1. The lowest BCUT2D eigenvalue weighted by Crippen LogP contribution is -2.25. The molecule has 4 rings (SSSR count). The number of aromatic nitrogens is 3. The largest absolute Gasteiger partial charge is 0.294 e. The molecule has 0 aliphatic rings. The summed E-state index contributed by atoms with van der Waals surface area (Å²) in [7, 11) is 0. The molecule has 0 amide bonds. The van der Waals surface area contributed by atoms with Gasteiger partial charge in [-0.25, -0.2) is 9.67 Å². The van der Waals surface area contributed by atoms with Gasteiger partial charge in [-0.1, -0.05) is 54.1 Å². The second kappa shape index (κ2) is 7.08. The molecule has 0 aliphatic carbocycles. The van der Waals surface area contributed by atoms with Crippen molar-refractivity contribution in [3.63, 3.8) is 0 Å². The van der Waals surface area contributed by atoms with Gasteiger partial charge in [-0.05, 0) is 38.3 Å². The molecule has 0 atom stereocenters. The summed E-state index contributed by atoms with van der Waals surface area (Å²) in [6.45, 7) is 6.64. The van der Waals surface area contributed by atoms with Crippen LogP contribution in [-0.4, -0.2) is 14.8 Å². The molecule has 0 saturated heterocycles. The van der Waals surface area contributed by atoms with E-state index >= 15 is 0 Å². The average Bonchev–Trinajstić information content (AvgIpc) is 3.05. The molecule has 5 heteroatoms. The highest BCUT2D eigenvalue weighted by Gasteiger charge is 2.17. The Morgan fingerprint density at radius 1 is 1.04 bits per heavy atom. The molecule has 0 bridgehead atoms. The highest BCUT2D eigenvalue weighted by Crippen LogP contribution is 2.31. The van der Waals surface area contributed by atoms with Crippen molar-refractivity contribution in [2.75, 3.05) is 0 Å². The molecule has 4 nitrogen and oxygen atoms in total. The summed E-state index contributed by atoms with van der Waals surface area (Å²) in [5.41, 5.74) is 5.88. The van der Waals surface area contributed by atoms with E-state index in [0.29, 0.717) is 12.1 Å². The molecule has 2 aromatic heterocycles. The number of nitrogens with zero attached hydrogens (tertiary/aromatic N) is 3. The van der Waals surface area contributed by atoms with Crippen LogP contribution in [0.15, 0.2) is 53.3 Å². The fourth-order valence-corrected chi connectivity index (χ4v) is 4.26. The maximum absolute atomic E-state index is 12.9. The lowest BCUT2D eigenvalue weighted by molar-refractivity contribution is 0.586. The fourth-order valence-electron chi connectivity index (χ4n) is 3.35. The third kappa shape index (κ3) is 3.43. The summed E-state index contributed by atoms with van der Waals surface area (Å²) in [5.74, 6) is 0. The molecule has 0 spiro atoms. The lowest BCUT2D eigenvalue weighted by atomic mass is 10.0. The minimum Gasteiger partial charge on any atom is -0.265 e. The van der Waals surface area contributed by atoms with Crippen molar-refractivity contribution < 1.29 is 0 Å². The number of rotatable bonds is 4. The second-order valence-electron chi connectivity index (χ2n) is 6.84. The zero-order chi connectivity index (χ0) is 19.0. The number of thiazole rings is 1. The van der Waals surface area contributed by atoms with E-state index in [0.717, 1.165) is 32.9 Å². The van der Waals surface area contributed by atoms with E-state index in [2.05, 4.69) is 49.2 Å². The molecule has 0 aliphatic heterocycles. The number of hydrogen-bond acceptors (Lipinski definition) is 4. The molecule has 0 unspecified atom stereocenters. The van der Waals surface area contributed by atoms with E-state index < -0.39 is 0 Å². The van der Waals surface area contributed by atoms with Crippen LogP contribution in [0.2, 0.25) is 0 Å². The molecule has 2 heterocycles. The monoisotopic (exact) mass is 375 g/mol. The van der Waals surface area contributed by atoms with Crippen LogP contribution in [0.1, 0.15) is 21.7 Å². The van der Waals surface area contributed by atoms with Crippen molar-refractivity contribution in [1.29, 1.82) is 0 Å². The van der Waals surface area contributed by atoms with E-state index in [9.17, 15) is 4.79 Å². The zero-order valence-electron chi connectivity index (χ0n) is 15.7. The van der Waals surface area contributed by atoms with Gasteiger partial charge in [0.15, 0.2) is 5.52 Å². The summed E-state index contributed by atoms with van der Waals surface area (Å²) >= 11 is 1.54. The Kier molecular flexibility index (Phi) is 4.62. The second-order valence-corrected chi connectivity index (χ2v) is 8.04. The Morgan fingerprint density at radius 3 is 2.56 bits per heavy atom. The first-order valence-corrected chi connectivity index (χ1v) is 9.84. The van der Waals surface area contributed by atoms with E-state index in [1.807, 2.05) is 25.1 Å². The standard InChI is InChI=1S/C22H21N3OS/c1-14-9-10-18(15(2)13-14)19-21-20(23-16(3)27-21)22(26)25(24-19)12-11-17-7-5-4-6-8-17/h4-10,13H,11-12H2,1-3H3. The minimum atomic E-state index is -0.112. The highest BCUT2D eigenvalue weighted by molar-refractivity contribution is 7.19. The number of fused-ring (bicyclic) bond motifs is 1. The van der Waals surface area contributed by atoms with Gasteiger partial charge in [-0.15, -0.1) is 11.3 Å². The minimum absolute atomic E-state index is 0.112. The SMILES string of the molecule is Cc1ccc(-c2nn(CCc3ccccc3)c(=O)c3nc(C)sc23)c(C)c1. The van der Waals surface area contributed by atoms with Crippen molar-refractivity contribution in [2.24, 2.45) is 0 Å². The zero-order valence-corrected chi connectivity index (χ0v) is 16.5. The van der Waals surface area contributed by atoms with Gasteiger partial charge in [0.05, 0.1) is 9.71 Å². The first kappa shape index (κ1) is 17.6. The van der Waals surface area contributed by atoms with Crippen molar-refractivity contribution in [3.8, 4) is 11.3 Å². The van der Waals surface area contributed by atoms with Gasteiger partial charge in [0.25, 0.3) is 5.56 Å². The first-order chi connectivity index (χ1) is 13.0. The van der Waals surface area contributed by atoms with Crippen molar-refractivity contribution in [2.45, 2.75) is 33.7 Å². The van der Waals surface area contributed by atoms with Gasteiger partial charge in [0, 0.05) is 12.1 Å². The van der Waals surface area contributed by atoms with Gasteiger partial charge in [-0.3, -0.25) is 4.79 Å². The van der Waals surface area contributed by atoms with Crippen LogP contribution in [0.4, 0.5) is 0 Å². The maximum atomic E-state index is 12.9. The summed E-state index contributed by atoms with van der Waals surface area (Å²) in [6, 6.07) is 16.5. The van der Waals surface area contributed by atoms with Gasteiger partial charge >= 0.3 is 0 Å². The van der Waals surface area contributed by atoms with Crippen LogP contribution >= 0.6 is 11.3 Å². The van der Waals surface area contributed by atoms with Gasteiger partial charge in [0.1, 0.15) is 5.69 Å². The van der Waals surface area contributed by atoms with Crippen molar-refractivity contribution in [1.82, 2.24) is 14.8 Å². The summed E-state index contributed by atoms with van der Waals surface area (Å²) in [6.07, 6.45) is 0.759. The van der Waals surface area contributed by atoms with Gasteiger partial charge < -0.3 is 0 Å². The average molecular weight is 375 g/mol. The third-order valence-corrected chi connectivity index (χ3v) is 5.68. The molecular formula is C22H21N3OS. The first-order valence-electron chi connectivity index (χ1n) is 9.03. The van der Waals surface area contributed by atoms with Crippen LogP contribution in [0.25, 0.3) is 21.5 Å². The van der Waals surface area contributed by atoms with Crippen LogP contribution in [0.5, 0.6) is 0 Å².